The SMILES string of the molecule is Cn1c(=O)n(CC(=O)NCC2(c3cccc(F)c3)CCOCC2)c2ccccc21. The first-order valence-corrected chi connectivity index (χ1v) is 9.75. The lowest BCUT2D eigenvalue weighted by atomic mass is 9.74. The summed E-state index contributed by atoms with van der Waals surface area (Å²) in [6.07, 6.45) is 1.40. The maximum Gasteiger partial charge on any atom is 0.329 e. The zero-order chi connectivity index (χ0) is 20.4. The van der Waals surface area contributed by atoms with Gasteiger partial charge in [-0.3, -0.25) is 13.9 Å². The molecule has 1 aliphatic rings. The molecule has 7 heteroatoms. The van der Waals surface area contributed by atoms with E-state index in [1.54, 1.807) is 13.1 Å². The van der Waals surface area contributed by atoms with Crippen LogP contribution in [0, 0.1) is 5.82 Å². The molecule has 1 fully saturated rings. The highest BCUT2D eigenvalue weighted by atomic mass is 19.1. The van der Waals surface area contributed by atoms with Crippen molar-refractivity contribution in [3.63, 3.8) is 0 Å². The molecule has 1 N–H and O–H groups in total. The number of hydrogen-bond donors (Lipinski definition) is 1. The fourth-order valence-electron chi connectivity index (χ4n) is 4.13. The summed E-state index contributed by atoms with van der Waals surface area (Å²) in [7, 11) is 1.69. The maximum absolute atomic E-state index is 13.8. The lowest BCUT2D eigenvalue weighted by molar-refractivity contribution is -0.122. The molecule has 3 aromatic rings. The number of imidazole rings is 1. The van der Waals surface area contributed by atoms with Crippen LogP contribution in [-0.4, -0.2) is 34.8 Å². The van der Waals surface area contributed by atoms with Crippen LogP contribution in [0.3, 0.4) is 0 Å². The fraction of sp³-hybridized carbons (Fsp3) is 0.364. The van der Waals surface area contributed by atoms with Crippen LogP contribution in [0.2, 0.25) is 0 Å². The molecule has 0 bridgehead atoms. The van der Waals surface area contributed by atoms with Crippen LogP contribution in [0.1, 0.15) is 18.4 Å². The largest absolute Gasteiger partial charge is 0.381 e. The van der Waals surface area contributed by atoms with E-state index in [-0.39, 0.29) is 29.4 Å². The maximum atomic E-state index is 13.8. The standard InChI is InChI=1S/C22H24FN3O3/c1-25-18-7-2-3-8-19(18)26(21(25)28)14-20(27)24-15-22(9-11-29-12-10-22)16-5-4-6-17(23)13-16/h2-8,13H,9-12,14-15H2,1H3,(H,24,27). The van der Waals surface area contributed by atoms with Crippen molar-refractivity contribution in [2.24, 2.45) is 7.05 Å². The minimum Gasteiger partial charge on any atom is -0.381 e. The number of nitrogens with one attached hydrogen (secondary N) is 1. The molecule has 0 radical (unpaired) electrons. The fourth-order valence-corrected chi connectivity index (χ4v) is 4.13. The highest BCUT2D eigenvalue weighted by Gasteiger charge is 2.35. The number of amides is 1. The van der Waals surface area contributed by atoms with Gasteiger partial charge in [0.1, 0.15) is 12.4 Å². The van der Waals surface area contributed by atoms with Gasteiger partial charge in [-0.2, -0.15) is 0 Å². The van der Waals surface area contributed by atoms with Crippen molar-refractivity contribution in [3.05, 3.63) is 70.4 Å². The summed E-state index contributed by atoms with van der Waals surface area (Å²) >= 11 is 0. The van der Waals surface area contributed by atoms with Gasteiger partial charge < -0.3 is 10.1 Å². The minimum atomic E-state index is -0.375. The predicted molar refractivity (Wildman–Crippen MR) is 108 cm³/mol. The molecule has 6 nitrogen and oxygen atoms in total. The molecule has 2 heterocycles. The Hall–Kier alpha value is -2.93. The van der Waals surface area contributed by atoms with Crippen LogP contribution in [0.5, 0.6) is 0 Å². The Labute approximate surface area is 167 Å². The molecule has 152 valence electrons. The van der Waals surface area contributed by atoms with E-state index in [1.165, 1.54) is 21.3 Å². The lowest BCUT2D eigenvalue weighted by Gasteiger charge is -2.38. The summed E-state index contributed by atoms with van der Waals surface area (Å²) in [5, 5.41) is 2.97. The average Bonchev–Trinajstić information content (AvgIpc) is 2.98. The number of nitrogens with zero attached hydrogens (tertiary/aromatic N) is 2. The monoisotopic (exact) mass is 397 g/mol. The zero-order valence-electron chi connectivity index (χ0n) is 16.4. The summed E-state index contributed by atoms with van der Waals surface area (Å²) in [6.45, 7) is 1.44. The number of hydrogen-bond acceptors (Lipinski definition) is 3. The van der Waals surface area contributed by atoms with Gasteiger partial charge in [0.15, 0.2) is 0 Å². The van der Waals surface area contributed by atoms with Gasteiger partial charge in [-0.25, -0.2) is 9.18 Å². The number of benzene rings is 2. The van der Waals surface area contributed by atoms with Crippen LogP contribution in [0.25, 0.3) is 11.0 Å². The molecule has 0 unspecified atom stereocenters. The number of aromatic nitrogens is 2. The second-order valence-electron chi connectivity index (χ2n) is 7.60. The number of carbonyl (C=O) groups excluding carboxylic acids is 1. The molecule has 4 rings (SSSR count). The van der Waals surface area contributed by atoms with E-state index >= 15 is 0 Å². The van der Waals surface area contributed by atoms with Crippen molar-refractivity contribution in [1.82, 2.24) is 14.5 Å². The number of ether oxygens (including phenoxy) is 1. The highest BCUT2D eigenvalue weighted by Crippen LogP contribution is 2.34. The van der Waals surface area contributed by atoms with E-state index < -0.39 is 0 Å². The lowest BCUT2D eigenvalue weighted by Crippen LogP contribution is -2.45. The second kappa shape index (κ2) is 7.83. The van der Waals surface area contributed by atoms with Crippen LogP contribution in [0.15, 0.2) is 53.3 Å². The van der Waals surface area contributed by atoms with Crippen molar-refractivity contribution in [2.75, 3.05) is 19.8 Å². The van der Waals surface area contributed by atoms with Gasteiger partial charge in [-0.15, -0.1) is 0 Å². The smallest absolute Gasteiger partial charge is 0.329 e. The van der Waals surface area contributed by atoms with Gasteiger partial charge in [0.25, 0.3) is 0 Å². The molecular formula is C22H24FN3O3. The van der Waals surface area contributed by atoms with Crippen molar-refractivity contribution in [1.29, 1.82) is 0 Å². The molecule has 1 aromatic heterocycles. The van der Waals surface area contributed by atoms with Gasteiger partial charge >= 0.3 is 5.69 Å². The number of rotatable bonds is 5. The van der Waals surface area contributed by atoms with Gasteiger partial charge in [0.05, 0.1) is 11.0 Å². The first kappa shape index (κ1) is 19.4. The molecule has 0 spiro atoms. The van der Waals surface area contributed by atoms with E-state index in [4.69, 9.17) is 4.74 Å². The van der Waals surface area contributed by atoms with Gasteiger partial charge in [0.2, 0.25) is 5.91 Å². The molecule has 1 aliphatic heterocycles. The molecular weight excluding hydrogens is 373 g/mol. The Morgan fingerprint density at radius 1 is 1.14 bits per heavy atom. The Kier molecular flexibility index (Phi) is 5.24. The first-order chi connectivity index (χ1) is 14.0. The van der Waals surface area contributed by atoms with E-state index in [9.17, 15) is 14.0 Å². The number of fused-ring (bicyclic) bond motifs is 1. The summed E-state index contributed by atoms with van der Waals surface area (Å²) in [5.74, 6) is -0.535. The summed E-state index contributed by atoms with van der Waals surface area (Å²) < 4.78 is 22.3. The number of aryl methyl sites for hydroxylation is 1. The second-order valence-corrected chi connectivity index (χ2v) is 7.60. The highest BCUT2D eigenvalue weighted by molar-refractivity contribution is 5.81. The van der Waals surface area contributed by atoms with E-state index in [2.05, 4.69) is 5.32 Å². The quantitative estimate of drug-likeness (QED) is 0.719. The van der Waals surface area contributed by atoms with E-state index in [0.717, 1.165) is 16.6 Å². The predicted octanol–water partition coefficient (Wildman–Crippen LogP) is 2.34. The Balaban J connectivity index is 1.54. The summed E-state index contributed by atoms with van der Waals surface area (Å²) in [5.41, 5.74) is 1.77. The van der Waals surface area contributed by atoms with Crippen LogP contribution in [-0.2, 0) is 28.5 Å². The molecule has 2 aromatic carbocycles. The average molecular weight is 397 g/mol. The van der Waals surface area contributed by atoms with Crippen LogP contribution < -0.4 is 11.0 Å². The van der Waals surface area contributed by atoms with Crippen LogP contribution in [0.4, 0.5) is 4.39 Å². The van der Waals surface area contributed by atoms with Gasteiger partial charge in [-0.1, -0.05) is 24.3 Å². The number of para-hydroxylation sites is 2. The molecule has 1 amide bonds. The molecule has 1 saturated heterocycles. The zero-order valence-corrected chi connectivity index (χ0v) is 16.4. The van der Waals surface area contributed by atoms with Crippen LogP contribution >= 0.6 is 0 Å². The number of halogens is 1. The van der Waals surface area contributed by atoms with Crippen molar-refractivity contribution in [3.8, 4) is 0 Å². The topological polar surface area (TPSA) is 65.3 Å². The Morgan fingerprint density at radius 3 is 2.59 bits per heavy atom. The normalized spacial score (nSPS) is 16.1. The van der Waals surface area contributed by atoms with Crippen molar-refractivity contribution >= 4 is 16.9 Å². The minimum absolute atomic E-state index is 0.0596. The first-order valence-electron chi connectivity index (χ1n) is 9.75. The third-order valence-corrected chi connectivity index (χ3v) is 5.86. The van der Waals surface area contributed by atoms with E-state index in [1.807, 2.05) is 30.3 Å². The Morgan fingerprint density at radius 2 is 1.86 bits per heavy atom. The molecule has 0 aliphatic carbocycles. The van der Waals surface area contributed by atoms with E-state index in [0.29, 0.717) is 32.6 Å². The Bertz CT molecular complexity index is 1100. The molecule has 0 saturated carbocycles. The van der Waals surface area contributed by atoms with Gasteiger partial charge in [-0.05, 0) is 42.7 Å². The number of carbonyl (C=O) groups is 1. The third kappa shape index (κ3) is 3.70. The molecule has 0 atom stereocenters. The molecule has 29 heavy (non-hydrogen) atoms. The summed E-state index contributed by atoms with van der Waals surface area (Å²) in [6, 6.07) is 13.9. The van der Waals surface area contributed by atoms with Gasteiger partial charge in [0, 0.05) is 32.2 Å². The summed E-state index contributed by atoms with van der Waals surface area (Å²) in [4.78, 5) is 25.3. The van der Waals surface area contributed by atoms with Crippen molar-refractivity contribution in [2.45, 2.75) is 24.8 Å². The third-order valence-electron chi connectivity index (χ3n) is 5.86. The van der Waals surface area contributed by atoms with Crippen molar-refractivity contribution < 1.29 is 13.9 Å².